The number of hydrogen-bond donors (Lipinski definition) is 2. The number of carboxylic acid groups (broad SMARTS) is 1. The van der Waals surface area contributed by atoms with Crippen molar-refractivity contribution in [2.24, 2.45) is 5.73 Å². The van der Waals surface area contributed by atoms with E-state index in [1.807, 2.05) is 0 Å². The fourth-order valence-corrected chi connectivity index (χ4v) is 0.771. The monoisotopic (exact) mass is 161 g/mol. The van der Waals surface area contributed by atoms with E-state index in [2.05, 4.69) is 0 Å². The van der Waals surface area contributed by atoms with Gasteiger partial charge in [0.1, 0.15) is 12.0 Å². The average molecular weight is 161 g/mol. The highest BCUT2D eigenvalue weighted by atomic mass is 32.2. The summed E-state index contributed by atoms with van der Waals surface area (Å²) in [7, 11) is 0. The molecule has 0 amide bonds. The maximum atomic E-state index is 10.0. The quantitative estimate of drug-likeness (QED) is 0.542. The summed E-state index contributed by atoms with van der Waals surface area (Å²) in [5, 5.41) is 9.37. The maximum absolute atomic E-state index is 10.0. The molecule has 3 N–H and O–H groups in total. The summed E-state index contributed by atoms with van der Waals surface area (Å²) in [6.45, 7) is 0. The molecule has 0 fully saturated rings. The number of aliphatic carboxylic acids is 1. The van der Waals surface area contributed by atoms with Gasteiger partial charge in [0.05, 0.1) is 5.41 Å². The number of nitrogens with two attached hydrogens (primary N) is 1. The zero-order chi connectivity index (χ0) is 7.98. The van der Waals surface area contributed by atoms with Crippen molar-refractivity contribution in [2.45, 2.75) is 6.04 Å². The molecule has 0 unspecified atom stereocenters. The Morgan fingerprint density at radius 1 is 1.90 bits per heavy atom. The molecule has 0 aliphatic heterocycles. The van der Waals surface area contributed by atoms with E-state index in [0.717, 1.165) is 17.2 Å². The molecule has 0 saturated carbocycles. The highest BCUT2D eigenvalue weighted by Crippen LogP contribution is 2.00. The van der Waals surface area contributed by atoms with Crippen LogP contribution in [0.15, 0.2) is 5.41 Å². The normalized spacial score (nSPS) is 11.7. The van der Waals surface area contributed by atoms with Gasteiger partial charge in [-0.15, -0.1) is 11.8 Å². The summed E-state index contributed by atoms with van der Waals surface area (Å²) in [5.41, 5.74) is 5.09. The number of rotatable bonds is 4. The minimum Gasteiger partial charge on any atom is -0.480 e. The third kappa shape index (κ3) is 4.14. The first-order chi connectivity index (χ1) is 4.68. The largest absolute Gasteiger partial charge is 0.480 e. The number of carboxylic acids is 1. The standard InChI is InChI=1S/C5H7NO3S/c6-4(5(8)9)3-10-2-1-7/h2,4H,3,6H2,(H,8,9)/t4-/m0/s1. The van der Waals surface area contributed by atoms with Crippen LogP contribution < -0.4 is 5.73 Å². The predicted molar refractivity (Wildman–Crippen MR) is 38.3 cm³/mol. The van der Waals surface area contributed by atoms with Crippen LogP contribution in [0.2, 0.25) is 0 Å². The second-order valence-electron chi connectivity index (χ2n) is 1.51. The topological polar surface area (TPSA) is 80.4 Å². The van der Waals surface area contributed by atoms with Gasteiger partial charge in [0.15, 0.2) is 0 Å². The lowest BCUT2D eigenvalue weighted by Gasteiger charge is -2.00. The Balaban J connectivity index is 3.48. The molecule has 0 radical (unpaired) electrons. The van der Waals surface area contributed by atoms with Gasteiger partial charge in [0.2, 0.25) is 0 Å². The molecule has 5 heteroatoms. The third-order valence-corrected chi connectivity index (χ3v) is 1.54. The van der Waals surface area contributed by atoms with Crippen LogP contribution in [0.1, 0.15) is 0 Å². The summed E-state index contributed by atoms with van der Waals surface area (Å²) in [6, 6.07) is -0.908. The van der Waals surface area contributed by atoms with Crippen LogP contribution in [0, 0.1) is 0 Å². The first kappa shape index (κ1) is 9.23. The van der Waals surface area contributed by atoms with Gasteiger partial charge in [-0.3, -0.25) is 4.79 Å². The summed E-state index contributed by atoms with van der Waals surface area (Å²) in [4.78, 5) is 19.6. The highest BCUT2D eigenvalue weighted by Gasteiger charge is 2.09. The van der Waals surface area contributed by atoms with E-state index < -0.39 is 12.0 Å². The van der Waals surface area contributed by atoms with E-state index in [4.69, 9.17) is 10.8 Å². The van der Waals surface area contributed by atoms with Crippen LogP contribution in [-0.4, -0.2) is 28.8 Å². The zero-order valence-electron chi connectivity index (χ0n) is 5.11. The van der Waals surface area contributed by atoms with E-state index in [-0.39, 0.29) is 5.75 Å². The fourth-order valence-electron chi connectivity index (χ4n) is 0.257. The first-order valence-corrected chi connectivity index (χ1v) is 3.52. The van der Waals surface area contributed by atoms with Gasteiger partial charge >= 0.3 is 5.97 Å². The summed E-state index contributed by atoms with van der Waals surface area (Å²) in [6.07, 6.45) is 0. The van der Waals surface area contributed by atoms with E-state index in [1.54, 1.807) is 0 Å². The molecule has 0 saturated heterocycles. The molecule has 10 heavy (non-hydrogen) atoms. The lowest BCUT2D eigenvalue weighted by molar-refractivity contribution is -0.137. The molecule has 0 bridgehead atoms. The van der Waals surface area contributed by atoms with E-state index in [9.17, 15) is 9.59 Å². The van der Waals surface area contributed by atoms with Crippen molar-refractivity contribution in [1.82, 2.24) is 0 Å². The number of thioether (sulfide) groups is 1. The van der Waals surface area contributed by atoms with Gasteiger partial charge < -0.3 is 10.8 Å². The van der Waals surface area contributed by atoms with Crippen molar-refractivity contribution in [3.63, 3.8) is 0 Å². The molecule has 56 valence electrons. The Morgan fingerprint density at radius 3 is 2.90 bits per heavy atom. The molecule has 0 heterocycles. The maximum Gasteiger partial charge on any atom is 0.321 e. The Hall–Kier alpha value is -0.770. The Morgan fingerprint density at radius 2 is 2.50 bits per heavy atom. The predicted octanol–water partition coefficient (Wildman–Crippen LogP) is -0.523. The molecule has 0 aromatic heterocycles. The SMILES string of the molecule is N[C@@H](CSC=C=O)C(=O)O. The molecule has 0 aliphatic carbocycles. The van der Waals surface area contributed by atoms with Gasteiger partial charge in [0.25, 0.3) is 0 Å². The second kappa shape index (κ2) is 5.05. The molecule has 0 aliphatic rings. The van der Waals surface area contributed by atoms with Crippen LogP contribution >= 0.6 is 11.8 Å². The average Bonchev–Trinajstić information content (AvgIpc) is 1.88. The van der Waals surface area contributed by atoms with Crippen molar-refractivity contribution in [2.75, 3.05) is 5.75 Å². The molecular formula is C5H7NO3S. The van der Waals surface area contributed by atoms with E-state index in [0.29, 0.717) is 0 Å². The molecule has 0 aromatic rings. The molecule has 4 nitrogen and oxygen atoms in total. The lowest BCUT2D eigenvalue weighted by Crippen LogP contribution is -2.32. The summed E-state index contributed by atoms with van der Waals surface area (Å²) in [5.74, 6) is 0.637. The Kier molecular flexibility index (Phi) is 4.66. The van der Waals surface area contributed by atoms with Crippen molar-refractivity contribution < 1.29 is 14.7 Å². The van der Waals surface area contributed by atoms with Crippen LogP contribution in [0.3, 0.4) is 0 Å². The van der Waals surface area contributed by atoms with Crippen LogP contribution in [0.5, 0.6) is 0 Å². The van der Waals surface area contributed by atoms with Crippen LogP contribution in [0.4, 0.5) is 0 Å². The lowest BCUT2D eigenvalue weighted by atomic mass is 10.4. The smallest absolute Gasteiger partial charge is 0.321 e. The van der Waals surface area contributed by atoms with Gasteiger partial charge in [0, 0.05) is 5.75 Å². The van der Waals surface area contributed by atoms with Crippen molar-refractivity contribution in [3.05, 3.63) is 5.41 Å². The fraction of sp³-hybridized carbons (Fsp3) is 0.400. The third-order valence-electron chi connectivity index (χ3n) is 0.724. The summed E-state index contributed by atoms with van der Waals surface area (Å²) < 4.78 is 0. The first-order valence-electron chi connectivity index (χ1n) is 2.48. The van der Waals surface area contributed by atoms with E-state index in [1.165, 1.54) is 5.94 Å². The number of carbonyl (C=O) groups is 1. The minimum atomic E-state index is -1.06. The molecule has 0 spiro atoms. The van der Waals surface area contributed by atoms with Crippen LogP contribution in [-0.2, 0) is 9.59 Å². The highest BCUT2D eigenvalue weighted by molar-refractivity contribution is 8.02. The molecule has 1 atom stereocenters. The second-order valence-corrected chi connectivity index (χ2v) is 2.42. The number of carbonyl (C=O) groups excluding carboxylic acids is 1. The molecule has 0 aromatic carbocycles. The van der Waals surface area contributed by atoms with Gasteiger partial charge in [-0.1, -0.05) is 0 Å². The Labute approximate surface area is 62.1 Å². The van der Waals surface area contributed by atoms with E-state index >= 15 is 0 Å². The van der Waals surface area contributed by atoms with Crippen molar-refractivity contribution >= 4 is 23.7 Å². The van der Waals surface area contributed by atoms with Crippen molar-refractivity contribution in [1.29, 1.82) is 0 Å². The minimum absolute atomic E-state index is 0.199. The molecule has 0 rings (SSSR count). The van der Waals surface area contributed by atoms with Crippen LogP contribution in [0.25, 0.3) is 0 Å². The number of hydrogen-bond acceptors (Lipinski definition) is 4. The Bertz CT molecular complexity index is 164. The van der Waals surface area contributed by atoms with Crippen molar-refractivity contribution in [3.8, 4) is 0 Å². The summed E-state index contributed by atoms with van der Waals surface area (Å²) >= 11 is 1.04. The van der Waals surface area contributed by atoms with Gasteiger partial charge in [-0.05, 0) is 0 Å². The molecular weight excluding hydrogens is 154 g/mol. The van der Waals surface area contributed by atoms with Gasteiger partial charge in [-0.2, -0.15) is 0 Å². The van der Waals surface area contributed by atoms with Gasteiger partial charge in [-0.25, -0.2) is 4.79 Å². The zero-order valence-corrected chi connectivity index (χ0v) is 5.93.